The van der Waals surface area contributed by atoms with E-state index < -0.39 is 0 Å². The summed E-state index contributed by atoms with van der Waals surface area (Å²) in [7, 11) is 4.90. The largest absolute Gasteiger partial charge is 0.296 e. The van der Waals surface area contributed by atoms with Gasteiger partial charge in [-0.1, -0.05) is 11.6 Å². The number of hydrogen-bond acceptors (Lipinski definition) is 1. The maximum atomic E-state index is 10.1. The molecule has 0 heterocycles. The van der Waals surface area contributed by atoms with Crippen LogP contribution in [0.1, 0.15) is 0 Å². The topological polar surface area (TPSA) is 17.1 Å². The fourth-order valence-electron chi connectivity index (χ4n) is 0.138. The van der Waals surface area contributed by atoms with E-state index in [0.29, 0.717) is 0 Å². The fourth-order valence-corrected chi connectivity index (χ4v) is 0.279. The molecule has 0 aliphatic carbocycles. The average Bonchev–Trinajstić information content (AvgIpc) is 1.68. The number of hydrogen-bond donors (Lipinski definition) is 0. The fraction of sp³-hybridized carbons (Fsp3) is 0.250. The number of carbonyl (C=O) groups excluding carboxylic acids is 1. The number of allylic oxidation sites excluding steroid dienone is 1. The summed E-state index contributed by atoms with van der Waals surface area (Å²) in [5.41, 5.74) is 1.15. The molecule has 0 saturated heterocycles. The first kappa shape index (κ1) is 6.76. The van der Waals surface area contributed by atoms with E-state index in [0.717, 1.165) is 5.54 Å². The summed E-state index contributed by atoms with van der Waals surface area (Å²) >= 11 is 5.02. The lowest BCUT2D eigenvalue weighted by atomic mass is 10.0. The molecule has 2 radical (unpaired) electrons. The number of halogens is 1. The molecule has 0 fully saturated rings. The zero-order chi connectivity index (χ0) is 5.70. The molecule has 3 heteroatoms. The molecule has 0 aromatic rings. The Morgan fingerprint density at radius 1 is 1.86 bits per heavy atom. The monoisotopic (exact) mass is 114 g/mol. The highest BCUT2D eigenvalue weighted by atomic mass is 35.5. The Morgan fingerprint density at radius 2 is 2.43 bits per heavy atom. The smallest absolute Gasteiger partial charge is 0.148 e. The summed E-state index contributed by atoms with van der Waals surface area (Å²) in [6.45, 7) is 0. The lowest BCUT2D eigenvalue weighted by Gasteiger charge is -1.77. The van der Waals surface area contributed by atoms with E-state index in [4.69, 9.17) is 19.4 Å². The van der Waals surface area contributed by atoms with Crippen LogP contribution in [0.15, 0.2) is 11.6 Å². The molecule has 0 amide bonds. The minimum Gasteiger partial charge on any atom is -0.296 e. The standard InChI is InChI=1S/C4H4BClO/c5-3-4(7)1-2-6/h1-2H,3H2/b2-1+. The molecule has 0 spiro atoms. The van der Waals surface area contributed by atoms with E-state index in [1.54, 1.807) is 0 Å². The second kappa shape index (κ2) is 3.94. The molecule has 36 valence electrons. The minimum absolute atomic E-state index is 0.0310. The van der Waals surface area contributed by atoms with Gasteiger partial charge in [0.1, 0.15) is 5.78 Å². The minimum atomic E-state index is -0.157. The van der Waals surface area contributed by atoms with Gasteiger partial charge in [-0.25, -0.2) is 0 Å². The quantitative estimate of drug-likeness (QED) is 0.385. The molecule has 0 unspecified atom stereocenters. The van der Waals surface area contributed by atoms with Gasteiger partial charge in [-0.05, 0) is 12.4 Å². The van der Waals surface area contributed by atoms with Gasteiger partial charge in [0.15, 0.2) is 0 Å². The summed E-state index contributed by atoms with van der Waals surface area (Å²) < 4.78 is 0. The van der Waals surface area contributed by atoms with Crippen molar-refractivity contribution in [2.45, 2.75) is 6.32 Å². The maximum absolute atomic E-state index is 10.1. The molecule has 0 aliphatic heterocycles. The van der Waals surface area contributed by atoms with E-state index in [9.17, 15) is 4.79 Å². The zero-order valence-corrected chi connectivity index (χ0v) is 4.48. The molecule has 1 nitrogen and oxygen atoms in total. The van der Waals surface area contributed by atoms with Crippen LogP contribution in [0.3, 0.4) is 0 Å². The molecule has 0 bridgehead atoms. The lowest BCUT2D eigenvalue weighted by Crippen LogP contribution is -1.86. The van der Waals surface area contributed by atoms with Gasteiger partial charge in [-0.15, -0.1) is 0 Å². The molecule has 0 rings (SSSR count). The van der Waals surface area contributed by atoms with Crippen LogP contribution in [0.5, 0.6) is 0 Å². The van der Waals surface area contributed by atoms with E-state index in [1.165, 1.54) is 6.08 Å². The number of rotatable bonds is 2. The molecule has 0 N–H and O–H groups in total. The van der Waals surface area contributed by atoms with E-state index >= 15 is 0 Å². The van der Waals surface area contributed by atoms with Crippen molar-refractivity contribution >= 4 is 25.2 Å². The van der Waals surface area contributed by atoms with Gasteiger partial charge in [-0.3, -0.25) is 4.79 Å². The van der Waals surface area contributed by atoms with Gasteiger partial charge in [0.05, 0.1) is 7.85 Å². The summed E-state index contributed by atoms with van der Waals surface area (Å²) in [5.74, 6) is -0.157. The van der Waals surface area contributed by atoms with Crippen molar-refractivity contribution in [3.63, 3.8) is 0 Å². The van der Waals surface area contributed by atoms with Crippen molar-refractivity contribution in [3.05, 3.63) is 11.6 Å². The Morgan fingerprint density at radius 3 is 2.57 bits per heavy atom. The van der Waals surface area contributed by atoms with E-state index in [2.05, 4.69) is 0 Å². The molecule has 7 heavy (non-hydrogen) atoms. The molecule has 0 aliphatic rings. The lowest BCUT2D eigenvalue weighted by molar-refractivity contribution is -0.112. The van der Waals surface area contributed by atoms with E-state index in [1.807, 2.05) is 0 Å². The Balaban J connectivity index is 3.37. The Labute approximate surface area is 48.8 Å². The predicted octanol–water partition coefficient (Wildman–Crippen LogP) is 0.895. The Hall–Kier alpha value is -0.235. The third kappa shape index (κ3) is 3.60. The highest BCUT2D eigenvalue weighted by molar-refractivity contribution is 6.29. The number of carbonyl (C=O) groups is 1. The van der Waals surface area contributed by atoms with Crippen LogP contribution in [-0.4, -0.2) is 13.6 Å². The van der Waals surface area contributed by atoms with Gasteiger partial charge in [0, 0.05) is 5.54 Å². The van der Waals surface area contributed by atoms with Crippen molar-refractivity contribution in [1.29, 1.82) is 0 Å². The van der Waals surface area contributed by atoms with Crippen LogP contribution in [0.2, 0.25) is 6.32 Å². The first-order chi connectivity index (χ1) is 3.31. The summed E-state index contributed by atoms with van der Waals surface area (Å²) in [6, 6.07) is 0. The Bertz CT molecular complexity index is 89.7. The molecule has 0 saturated carbocycles. The van der Waals surface area contributed by atoms with Crippen molar-refractivity contribution in [1.82, 2.24) is 0 Å². The molecule has 0 atom stereocenters. The molecular formula is C4H4BClO. The van der Waals surface area contributed by atoms with Crippen LogP contribution in [0.25, 0.3) is 0 Å². The van der Waals surface area contributed by atoms with Gasteiger partial charge >= 0.3 is 0 Å². The third-order valence-corrected chi connectivity index (χ3v) is 0.576. The Kier molecular flexibility index (Phi) is 3.81. The SMILES string of the molecule is [B]CC(=O)/C=C/Cl. The van der Waals surface area contributed by atoms with Crippen LogP contribution in [0, 0.1) is 0 Å². The molecule has 0 aromatic heterocycles. The van der Waals surface area contributed by atoms with Crippen LogP contribution >= 0.6 is 11.6 Å². The maximum Gasteiger partial charge on any atom is 0.148 e. The first-order valence-electron chi connectivity index (χ1n) is 1.81. The van der Waals surface area contributed by atoms with Crippen molar-refractivity contribution < 1.29 is 4.79 Å². The van der Waals surface area contributed by atoms with E-state index in [-0.39, 0.29) is 12.1 Å². The first-order valence-corrected chi connectivity index (χ1v) is 2.24. The average molecular weight is 114 g/mol. The van der Waals surface area contributed by atoms with Crippen molar-refractivity contribution in [3.8, 4) is 0 Å². The number of ketones is 1. The third-order valence-electron chi connectivity index (χ3n) is 0.450. The van der Waals surface area contributed by atoms with Gasteiger partial charge in [0.25, 0.3) is 0 Å². The van der Waals surface area contributed by atoms with Crippen LogP contribution in [-0.2, 0) is 4.79 Å². The van der Waals surface area contributed by atoms with Gasteiger partial charge < -0.3 is 0 Å². The van der Waals surface area contributed by atoms with Gasteiger partial charge in [0.2, 0.25) is 0 Å². The molecule has 0 aromatic carbocycles. The van der Waals surface area contributed by atoms with Gasteiger partial charge in [-0.2, -0.15) is 0 Å². The van der Waals surface area contributed by atoms with Crippen molar-refractivity contribution in [2.24, 2.45) is 0 Å². The summed E-state index contributed by atoms with van der Waals surface area (Å²) in [6.07, 6.45) is 1.25. The molecular weight excluding hydrogens is 110 g/mol. The highest BCUT2D eigenvalue weighted by Gasteiger charge is 1.84. The van der Waals surface area contributed by atoms with Crippen LogP contribution < -0.4 is 0 Å². The highest BCUT2D eigenvalue weighted by Crippen LogP contribution is 1.82. The summed E-state index contributed by atoms with van der Waals surface area (Å²) in [5, 5.41) is 0. The predicted molar refractivity (Wildman–Crippen MR) is 30.6 cm³/mol. The zero-order valence-electron chi connectivity index (χ0n) is 3.73. The van der Waals surface area contributed by atoms with Crippen molar-refractivity contribution in [2.75, 3.05) is 0 Å². The normalized spacial score (nSPS) is 9.86. The summed E-state index contributed by atoms with van der Waals surface area (Å²) in [4.78, 5) is 10.1. The second-order valence-corrected chi connectivity index (χ2v) is 1.22. The van der Waals surface area contributed by atoms with Crippen LogP contribution in [0.4, 0.5) is 0 Å². The second-order valence-electron chi connectivity index (χ2n) is 0.963.